The van der Waals surface area contributed by atoms with Gasteiger partial charge in [0, 0.05) is 0 Å². The van der Waals surface area contributed by atoms with Crippen LogP contribution in [0.1, 0.15) is 71.1 Å². The first-order valence-electron chi connectivity index (χ1n) is 10.9. The zero-order chi connectivity index (χ0) is 20.7. The average molecular weight is 399 g/mol. The summed E-state index contributed by atoms with van der Waals surface area (Å²) in [5, 5.41) is 8.63. The number of carbonyl (C=O) groups is 1. The molecule has 2 aromatic rings. The molecule has 0 amide bonds. The third-order valence-corrected chi connectivity index (χ3v) is 5.01. The summed E-state index contributed by atoms with van der Waals surface area (Å²) in [5.41, 5.74) is 2.06. The van der Waals surface area contributed by atoms with Gasteiger partial charge in [-0.05, 0) is 41.8 Å². The van der Waals surface area contributed by atoms with Crippen LogP contribution in [0.25, 0.3) is 11.1 Å². The Morgan fingerprint density at radius 2 is 1.14 bits per heavy atom. The first-order chi connectivity index (χ1) is 14.2. The van der Waals surface area contributed by atoms with Gasteiger partial charge in [-0.1, -0.05) is 89.0 Å². The Labute approximate surface area is 174 Å². The summed E-state index contributed by atoms with van der Waals surface area (Å²) in [6, 6.07) is 15.0. The highest BCUT2D eigenvalue weighted by atomic mass is 16.7. The molecule has 0 saturated carbocycles. The molecule has 29 heavy (non-hydrogen) atoms. The smallest absolute Gasteiger partial charge is 0.494 e. The molecule has 0 aromatic heterocycles. The van der Waals surface area contributed by atoms with E-state index >= 15 is 0 Å². The highest BCUT2D eigenvalue weighted by molar-refractivity contribution is 5.66. The molecule has 0 fully saturated rings. The number of benzene rings is 2. The maximum absolute atomic E-state index is 10.5. The molecular weight excluding hydrogens is 364 g/mol. The topological polar surface area (TPSA) is 55.8 Å². The third-order valence-electron chi connectivity index (χ3n) is 5.01. The van der Waals surface area contributed by atoms with Gasteiger partial charge in [0.15, 0.2) is 0 Å². The van der Waals surface area contributed by atoms with E-state index in [4.69, 9.17) is 9.84 Å². The lowest BCUT2D eigenvalue weighted by molar-refractivity contribution is 0.144. The van der Waals surface area contributed by atoms with Crippen molar-refractivity contribution in [3.63, 3.8) is 0 Å². The predicted molar refractivity (Wildman–Crippen MR) is 118 cm³/mol. The lowest BCUT2D eigenvalue weighted by Gasteiger charge is -2.08. The van der Waals surface area contributed by atoms with Crippen LogP contribution in [0.4, 0.5) is 4.79 Å². The van der Waals surface area contributed by atoms with Crippen LogP contribution < -0.4 is 9.47 Å². The minimum atomic E-state index is -1.30. The molecular formula is C25H34O4. The molecule has 0 unspecified atom stereocenters. The van der Waals surface area contributed by atoms with Gasteiger partial charge in [-0.2, -0.15) is 0 Å². The average Bonchev–Trinajstić information content (AvgIpc) is 2.73. The highest BCUT2D eigenvalue weighted by Crippen LogP contribution is 2.25. The second kappa shape index (κ2) is 13.6. The number of ether oxygens (including phenoxy) is 2. The molecule has 4 heteroatoms. The Balaban J connectivity index is 1.60. The van der Waals surface area contributed by atoms with Gasteiger partial charge in [-0.25, -0.2) is 4.79 Å². The number of hydrogen-bond donors (Lipinski definition) is 1. The van der Waals surface area contributed by atoms with Crippen LogP contribution in [0.5, 0.6) is 11.5 Å². The number of unbranched alkanes of at least 4 members (excludes halogenated alkanes) is 9. The van der Waals surface area contributed by atoms with Crippen molar-refractivity contribution >= 4 is 6.16 Å². The van der Waals surface area contributed by atoms with Gasteiger partial charge >= 0.3 is 6.16 Å². The van der Waals surface area contributed by atoms with E-state index in [0.717, 1.165) is 29.9 Å². The van der Waals surface area contributed by atoms with Crippen LogP contribution in [-0.2, 0) is 0 Å². The van der Waals surface area contributed by atoms with Crippen molar-refractivity contribution in [2.75, 3.05) is 6.61 Å². The standard InChI is InChI=1S/C25H34O4/c1-2-3-4-5-6-7-8-9-10-11-20-28-23-16-12-21(13-17-23)22-14-18-24(19-15-22)29-25(26)27/h12-19H,2-11,20H2,1H3,(H,26,27). The molecule has 4 nitrogen and oxygen atoms in total. The molecule has 2 aromatic carbocycles. The zero-order valence-corrected chi connectivity index (χ0v) is 17.6. The van der Waals surface area contributed by atoms with Crippen LogP contribution in [-0.4, -0.2) is 17.9 Å². The maximum Gasteiger partial charge on any atom is 0.511 e. The molecule has 1 N–H and O–H groups in total. The van der Waals surface area contributed by atoms with Crippen molar-refractivity contribution < 1.29 is 19.4 Å². The van der Waals surface area contributed by atoms with Gasteiger partial charge < -0.3 is 14.6 Å². The minimum Gasteiger partial charge on any atom is -0.494 e. The van der Waals surface area contributed by atoms with E-state index in [0.29, 0.717) is 5.75 Å². The Hall–Kier alpha value is -2.49. The molecule has 0 heterocycles. The van der Waals surface area contributed by atoms with Crippen molar-refractivity contribution in [1.82, 2.24) is 0 Å². The Kier molecular flexibility index (Phi) is 10.7. The first kappa shape index (κ1) is 22.8. The normalized spacial score (nSPS) is 10.7. The summed E-state index contributed by atoms with van der Waals surface area (Å²) in [7, 11) is 0. The van der Waals surface area contributed by atoms with Crippen molar-refractivity contribution in [2.45, 2.75) is 71.1 Å². The van der Waals surface area contributed by atoms with E-state index in [1.807, 2.05) is 36.4 Å². The molecule has 2 rings (SSSR count). The fraction of sp³-hybridized carbons (Fsp3) is 0.480. The van der Waals surface area contributed by atoms with Crippen molar-refractivity contribution in [3.05, 3.63) is 48.5 Å². The van der Waals surface area contributed by atoms with Crippen LogP contribution in [0.15, 0.2) is 48.5 Å². The van der Waals surface area contributed by atoms with E-state index in [1.54, 1.807) is 12.1 Å². The number of hydrogen-bond acceptors (Lipinski definition) is 3. The molecule has 0 aliphatic carbocycles. The molecule has 0 atom stereocenters. The minimum absolute atomic E-state index is 0.317. The lowest BCUT2D eigenvalue weighted by Crippen LogP contribution is -2.02. The molecule has 0 radical (unpaired) electrons. The molecule has 0 aliphatic heterocycles. The fourth-order valence-corrected chi connectivity index (χ4v) is 3.34. The van der Waals surface area contributed by atoms with Crippen molar-refractivity contribution in [3.8, 4) is 22.6 Å². The monoisotopic (exact) mass is 398 g/mol. The predicted octanol–water partition coefficient (Wildman–Crippen LogP) is 7.71. The van der Waals surface area contributed by atoms with Crippen molar-refractivity contribution in [1.29, 1.82) is 0 Å². The van der Waals surface area contributed by atoms with Gasteiger partial charge in [0.1, 0.15) is 11.5 Å². The van der Waals surface area contributed by atoms with E-state index in [2.05, 4.69) is 11.7 Å². The third kappa shape index (κ3) is 9.51. The number of carboxylic acid groups (broad SMARTS) is 1. The van der Waals surface area contributed by atoms with Crippen LogP contribution in [0, 0.1) is 0 Å². The Morgan fingerprint density at radius 3 is 1.62 bits per heavy atom. The van der Waals surface area contributed by atoms with Crippen LogP contribution >= 0.6 is 0 Å². The fourth-order valence-electron chi connectivity index (χ4n) is 3.34. The largest absolute Gasteiger partial charge is 0.511 e. The molecule has 0 bridgehead atoms. The first-order valence-corrected chi connectivity index (χ1v) is 10.9. The van der Waals surface area contributed by atoms with Gasteiger partial charge in [-0.3, -0.25) is 0 Å². The highest BCUT2D eigenvalue weighted by Gasteiger charge is 2.03. The Morgan fingerprint density at radius 1 is 0.690 bits per heavy atom. The summed E-state index contributed by atoms with van der Waals surface area (Å²) in [5.74, 6) is 1.20. The summed E-state index contributed by atoms with van der Waals surface area (Å²) < 4.78 is 10.5. The SMILES string of the molecule is CCCCCCCCCCCCOc1ccc(-c2ccc(OC(=O)O)cc2)cc1. The maximum atomic E-state index is 10.5. The molecule has 158 valence electrons. The van der Waals surface area contributed by atoms with E-state index in [9.17, 15) is 4.79 Å². The molecule has 0 aliphatic rings. The van der Waals surface area contributed by atoms with Crippen LogP contribution in [0.2, 0.25) is 0 Å². The van der Waals surface area contributed by atoms with E-state index in [-0.39, 0.29) is 0 Å². The summed E-state index contributed by atoms with van der Waals surface area (Å²) in [4.78, 5) is 10.5. The van der Waals surface area contributed by atoms with Gasteiger partial charge in [0.2, 0.25) is 0 Å². The Bertz CT molecular complexity index is 692. The number of rotatable bonds is 14. The van der Waals surface area contributed by atoms with Gasteiger partial charge in [-0.15, -0.1) is 0 Å². The van der Waals surface area contributed by atoms with Gasteiger partial charge in [0.05, 0.1) is 6.61 Å². The van der Waals surface area contributed by atoms with Crippen LogP contribution in [0.3, 0.4) is 0 Å². The van der Waals surface area contributed by atoms with E-state index in [1.165, 1.54) is 57.8 Å². The molecule has 0 spiro atoms. The van der Waals surface area contributed by atoms with Gasteiger partial charge in [0.25, 0.3) is 0 Å². The van der Waals surface area contributed by atoms with Crippen molar-refractivity contribution in [2.24, 2.45) is 0 Å². The van der Waals surface area contributed by atoms with E-state index < -0.39 is 6.16 Å². The lowest BCUT2D eigenvalue weighted by atomic mass is 10.1. The summed E-state index contributed by atoms with van der Waals surface area (Å²) >= 11 is 0. The second-order valence-electron chi connectivity index (χ2n) is 7.45. The second-order valence-corrected chi connectivity index (χ2v) is 7.45. The zero-order valence-electron chi connectivity index (χ0n) is 17.6. The summed E-state index contributed by atoms with van der Waals surface area (Å²) in [6.45, 7) is 3.02. The quantitative estimate of drug-likeness (QED) is 0.201. The summed E-state index contributed by atoms with van der Waals surface area (Å²) in [6.07, 6.45) is 11.9. The molecule has 0 saturated heterocycles.